The van der Waals surface area contributed by atoms with Crippen LogP contribution in [-0.4, -0.2) is 17.6 Å². The standard InChI is InChI=1S/C13H14FN3O2/c1-8-3-4-11(10(14)5-8)15-7-13(18)16-12-6-9(2)19-17-12/h3-6,15H,7H2,1-2H3,(H,16,17,18). The summed E-state index contributed by atoms with van der Waals surface area (Å²) >= 11 is 0. The van der Waals surface area contributed by atoms with Crippen LogP contribution in [0.1, 0.15) is 11.3 Å². The van der Waals surface area contributed by atoms with E-state index >= 15 is 0 Å². The van der Waals surface area contributed by atoms with Crippen LogP contribution in [0.2, 0.25) is 0 Å². The number of anilines is 2. The zero-order chi connectivity index (χ0) is 13.8. The van der Waals surface area contributed by atoms with Crippen molar-refractivity contribution >= 4 is 17.4 Å². The van der Waals surface area contributed by atoms with Crippen LogP contribution in [0.5, 0.6) is 0 Å². The van der Waals surface area contributed by atoms with Crippen LogP contribution in [0, 0.1) is 19.7 Å². The second-order valence-electron chi connectivity index (χ2n) is 4.21. The molecule has 0 aliphatic rings. The van der Waals surface area contributed by atoms with Gasteiger partial charge in [0, 0.05) is 6.07 Å². The molecule has 2 N–H and O–H groups in total. The first-order chi connectivity index (χ1) is 9.04. The van der Waals surface area contributed by atoms with Crippen molar-refractivity contribution in [3.63, 3.8) is 0 Å². The molecule has 0 unspecified atom stereocenters. The summed E-state index contributed by atoms with van der Waals surface area (Å²) in [6.45, 7) is 3.47. The summed E-state index contributed by atoms with van der Waals surface area (Å²) in [6, 6.07) is 6.37. The molecule has 100 valence electrons. The van der Waals surface area contributed by atoms with Crippen molar-refractivity contribution in [2.24, 2.45) is 0 Å². The SMILES string of the molecule is Cc1ccc(NCC(=O)Nc2cc(C)on2)c(F)c1. The highest BCUT2D eigenvalue weighted by molar-refractivity contribution is 5.92. The molecule has 0 saturated carbocycles. The maximum atomic E-state index is 13.5. The van der Waals surface area contributed by atoms with Crippen molar-refractivity contribution in [1.82, 2.24) is 5.16 Å². The molecular formula is C13H14FN3O2. The fraction of sp³-hybridized carbons (Fsp3) is 0.231. The third kappa shape index (κ3) is 3.54. The summed E-state index contributed by atoms with van der Waals surface area (Å²) in [6.07, 6.45) is 0. The van der Waals surface area contributed by atoms with Gasteiger partial charge in [0.05, 0.1) is 12.2 Å². The molecule has 6 heteroatoms. The molecule has 1 aromatic carbocycles. The van der Waals surface area contributed by atoms with Crippen LogP contribution in [0.25, 0.3) is 0 Å². The average molecular weight is 263 g/mol. The van der Waals surface area contributed by atoms with Gasteiger partial charge in [0.1, 0.15) is 11.6 Å². The molecule has 2 aromatic rings. The number of hydrogen-bond acceptors (Lipinski definition) is 4. The Morgan fingerprint density at radius 2 is 2.16 bits per heavy atom. The predicted molar refractivity (Wildman–Crippen MR) is 69.5 cm³/mol. The highest BCUT2D eigenvalue weighted by Gasteiger charge is 2.07. The van der Waals surface area contributed by atoms with Gasteiger partial charge in [-0.2, -0.15) is 0 Å². The lowest BCUT2D eigenvalue weighted by atomic mass is 10.2. The lowest BCUT2D eigenvalue weighted by Crippen LogP contribution is -2.22. The van der Waals surface area contributed by atoms with Crippen molar-refractivity contribution in [3.8, 4) is 0 Å². The lowest BCUT2D eigenvalue weighted by Gasteiger charge is -2.07. The minimum Gasteiger partial charge on any atom is -0.374 e. The van der Waals surface area contributed by atoms with Gasteiger partial charge in [-0.15, -0.1) is 0 Å². The normalized spacial score (nSPS) is 10.3. The van der Waals surface area contributed by atoms with Gasteiger partial charge < -0.3 is 15.2 Å². The maximum absolute atomic E-state index is 13.5. The molecule has 0 saturated heterocycles. The summed E-state index contributed by atoms with van der Waals surface area (Å²) in [5, 5.41) is 8.89. The van der Waals surface area contributed by atoms with Gasteiger partial charge in [-0.25, -0.2) is 4.39 Å². The molecule has 5 nitrogen and oxygen atoms in total. The molecular weight excluding hydrogens is 249 g/mol. The van der Waals surface area contributed by atoms with Crippen LogP contribution in [0.3, 0.4) is 0 Å². The minimum atomic E-state index is -0.384. The largest absolute Gasteiger partial charge is 0.374 e. The van der Waals surface area contributed by atoms with E-state index in [-0.39, 0.29) is 24.0 Å². The predicted octanol–water partition coefficient (Wildman–Crippen LogP) is 2.48. The Morgan fingerprint density at radius 3 is 2.79 bits per heavy atom. The molecule has 1 amide bonds. The number of aromatic nitrogens is 1. The van der Waals surface area contributed by atoms with Crippen molar-refractivity contribution in [3.05, 3.63) is 41.4 Å². The van der Waals surface area contributed by atoms with Crippen LogP contribution in [-0.2, 0) is 4.79 Å². The molecule has 0 spiro atoms. The van der Waals surface area contributed by atoms with E-state index in [2.05, 4.69) is 15.8 Å². The van der Waals surface area contributed by atoms with E-state index in [9.17, 15) is 9.18 Å². The average Bonchev–Trinajstić information content (AvgIpc) is 2.73. The fourth-order valence-electron chi connectivity index (χ4n) is 1.55. The highest BCUT2D eigenvalue weighted by atomic mass is 19.1. The molecule has 1 heterocycles. The zero-order valence-electron chi connectivity index (χ0n) is 10.7. The van der Waals surface area contributed by atoms with E-state index < -0.39 is 0 Å². The number of carbonyl (C=O) groups is 1. The maximum Gasteiger partial charge on any atom is 0.244 e. The van der Waals surface area contributed by atoms with Crippen molar-refractivity contribution < 1.29 is 13.7 Å². The molecule has 0 aliphatic carbocycles. The van der Waals surface area contributed by atoms with Crippen LogP contribution < -0.4 is 10.6 Å². The number of halogens is 1. The third-order valence-corrected chi connectivity index (χ3v) is 2.46. The summed E-state index contributed by atoms with van der Waals surface area (Å²) in [5.74, 6) is 0.236. The molecule has 0 atom stereocenters. The number of hydrogen-bond donors (Lipinski definition) is 2. The van der Waals surface area contributed by atoms with E-state index in [1.807, 2.05) is 0 Å². The summed E-state index contributed by atoms with van der Waals surface area (Å²) in [4.78, 5) is 11.6. The van der Waals surface area contributed by atoms with E-state index in [1.54, 1.807) is 32.0 Å². The minimum absolute atomic E-state index is 0.0497. The smallest absolute Gasteiger partial charge is 0.244 e. The first-order valence-electron chi connectivity index (χ1n) is 5.78. The number of benzene rings is 1. The number of carbonyl (C=O) groups excluding carboxylic acids is 1. The van der Waals surface area contributed by atoms with Gasteiger partial charge in [0.15, 0.2) is 5.82 Å². The molecule has 0 radical (unpaired) electrons. The zero-order valence-corrected chi connectivity index (χ0v) is 10.7. The molecule has 1 aromatic heterocycles. The number of nitrogens with zero attached hydrogens (tertiary/aromatic N) is 1. The second kappa shape index (κ2) is 5.51. The molecule has 0 aliphatic heterocycles. The van der Waals surface area contributed by atoms with Gasteiger partial charge in [-0.1, -0.05) is 11.2 Å². The monoisotopic (exact) mass is 263 g/mol. The number of aryl methyl sites for hydroxylation is 2. The summed E-state index contributed by atoms with van der Waals surface area (Å²) in [5.41, 5.74) is 1.11. The summed E-state index contributed by atoms with van der Waals surface area (Å²) in [7, 11) is 0. The Labute approximate surface area is 109 Å². The quantitative estimate of drug-likeness (QED) is 0.889. The lowest BCUT2D eigenvalue weighted by molar-refractivity contribution is -0.114. The molecule has 2 rings (SSSR count). The van der Waals surface area contributed by atoms with E-state index in [0.717, 1.165) is 5.56 Å². The molecule has 0 fully saturated rings. The number of nitrogens with one attached hydrogen (secondary N) is 2. The second-order valence-corrected chi connectivity index (χ2v) is 4.21. The van der Waals surface area contributed by atoms with E-state index in [1.165, 1.54) is 6.07 Å². The third-order valence-electron chi connectivity index (χ3n) is 2.46. The van der Waals surface area contributed by atoms with Crippen LogP contribution >= 0.6 is 0 Å². The Morgan fingerprint density at radius 1 is 1.37 bits per heavy atom. The van der Waals surface area contributed by atoms with Crippen molar-refractivity contribution in [2.75, 3.05) is 17.2 Å². The van der Waals surface area contributed by atoms with Gasteiger partial charge in [-0.05, 0) is 31.5 Å². The van der Waals surface area contributed by atoms with Crippen molar-refractivity contribution in [1.29, 1.82) is 0 Å². The van der Waals surface area contributed by atoms with E-state index in [4.69, 9.17) is 4.52 Å². The van der Waals surface area contributed by atoms with Gasteiger partial charge in [-0.3, -0.25) is 4.79 Å². The first-order valence-corrected chi connectivity index (χ1v) is 5.78. The van der Waals surface area contributed by atoms with Crippen LogP contribution in [0.4, 0.5) is 15.9 Å². The van der Waals surface area contributed by atoms with Crippen molar-refractivity contribution in [2.45, 2.75) is 13.8 Å². The van der Waals surface area contributed by atoms with E-state index in [0.29, 0.717) is 11.6 Å². The van der Waals surface area contributed by atoms with Gasteiger partial charge >= 0.3 is 0 Å². The Balaban J connectivity index is 1.89. The first kappa shape index (κ1) is 13.1. The fourth-order valence-corrected chi connectivity index (χ4v) is 1.55. The molecule has 19 heavy (non-hydrogen) atoms. The Bertz CT molecular complexity index is 595. The van der Waals surface area contributed by atoms with Gasteiger partial charge in [0.2, 0.25) is 5.91 Å². The Hall–Kier alpha value is -2.37. The Kier molecular flexibility index (Phi) is 3.79. The van der Waals surface area contributed by atoms with Gasteiger partial charge in [0.25, 0.3) is 0 Å². The summed E-state index contributed by atoms with van der Waals surface area (Å²) < 4.78 is 18.3. The van der Waals surface area contributed by atoms with Crippen LogP contribution in [0.15, 0.2) is 28.8 Å². The number of rotatable bonds is 4. The highest BCUT2D eigenvalue weighted by Crippen LogP contribution is 2.15. The number of amides is 1. The molecule has 0 bridgehead atoms. The topological polar surface area (TPSA) is 67.2 Å².